The average Bonchev–Trinajstić information content (AvgIpc) is 2.38. The molecule has 0 bridgehead atoms. The molecule has 1 aliphatic rings. The first-order chi connectivity index (χ1) is 9.22. The number of nitrogens with one attached hydrogen (secondary N) is 1. The van der Waals surface area contributed by atoms with Crippen molar-refractivity contribution in [2.75, 3.05) is 19.0 Å². The highest BCUT2D eigenvalue weighted by Gasteiger charge is 2.36. The molecule has 100 valence electrons. The summed E-state index contributed by atoms with van der Waals surface area (Å²) in [5.41, 5.74) is -0.0141. The van der Waals surface area contributed by atoms with E-state index in [0.717, 1.165) is 36.0 Å². The van der Waals surface area contributed by atoms with Crippen molar-refractivity contribution in [1.29, 1.82) is 0 Å². The van der Waals surface area contributed by atoms with Gasteiger partial charge in [-0.3, -0.25) is 0 Å². The van der Waals surface area contributed by atoms with Crippen LogP contribution in [0.1, 0.15) is 19.3 Å². The summed E-state index contributed by atoms with van der Waals surface area (Å²) in [6.07, 6.45) is 3.46. The van der Waals surface area contributed by atoms with E-state index in [1.54, 1.807) is 7.11 Å². The Hall–Kier alpha value is -1.32. The van der Waals surface area contributed by atoms with Gasteiger partial charge in [-0.1, -0.05) is 35.9 Å². The predicted octanol–water partition coefficient (Wildman–Crippen LogP) is 3.87. The van der Waals surface area contributed by atoms with Crippen LogP contribution < -0.4 is 5.32 Å². The third-order valence-corrected chi connectivity index (χ3v) is 4.27. The van der Waals surface area contributed by atoms with E-state index in [-0.39, 0.29) is 5.60 Å². The van der Waals surface area contributed by atoms with Crippen LogP contribution in [-0.4, -0.2) is 24.2 Å². The van der Waals surface area contributed by atoms with Crippen molar-refractivity contribution in [3.8, 4) is 0 Å². The summed E-state index contributed by atoms with van der Waals surface area (Å²) in [6, 6.07) is 10.0. The molecule has 19 heavy (non-hydrogen) atoms. The lowest BCUT2D eigenvalue weighted by Crippen LogP contribution is -2.45. The van der Waals surface area contributed by atoms with Gasteiger partial charge in [0.05, 0.1) is 5.60 Å². The van der Waals surface area contributed by atoms with E-state index in [1.807, 2.05) is 30.3 Å². The van der Waals surface area contributed by atoms with Crippen LogP contribution in [0.3, 0.4) is 0 Å². The second kappa shape index (κ2) is 4.99. The number of pyridine rings is 1. The molecule has 1 aliphatic carbocycles. The van der Waals surface area contributed by atoms with E-state index in [9.17, 15) is 0 Å². The average molecular weight is 277 g/mol. The Labute approximate surface area is 117 Å². The number of ether oxygens (including phenoxy) is 1. The number of benzene rings is 1. The number of nitrogens with zero attached hydrogens (tertiary/aromatic N) is 1. The molecule has 0 unspecified atom stereocenters. The minimum Gasteiger partial charge on any atom is -0.376 e. The number of hydrogen-bond acceptors (Lipinski definition) is 3. The van der Waals surface area contributed by atoms with Crippen LogP contribution in [0.4, 0.5) is 5.82 Å². The van der Waals surface area contributed by atoms with E-state index in [2.05, 4.69) is 10.3 Å². The SMILES string of the molecule is COC1(CNc2cc3ccccc3c(Cl)n2)CCC1. The first kappa shape index (κ1) is 12.7. The van der Waals surface area contributed by atoms with Gasteiger partial charge in [-0.15, -0.1) is 0 Å². The van der Waals surface area contributed by atoms with E-state index >= 15 is 0 Å². The zero-order chi connectivity index (χ0) is 13.3. The molecule has 0 aliphatic heterocycles. The summed E-state index contributed by atoms with van der Waals surface area (Å²) in [6.45, 7) is 0.783. The number of fused-ring (bicyclic) bond motifs is 1. The number of methoxy groups -OCH3 is 1. The van der Waals surface area contributed by atoms with Gasteiger partial charge in [-0.2, -0.15) is 0 Å². The van der Waals surface area contributed by atoms with Crippen molar-refractivity contribution in [2.45, 2.75) is 24.9 Å². The predicted molar refractivity (Wildman–Crippen MR) is 78.8 cm³/mol. The number of rotatable bonds is 4. The van der Waals surface area contributed by atoms with Gasteiger partial charge in [-0.05, 0) is 30.7 Å². The Balaban J connectivity index is 1.81. The van der Waals surface area contributed by atoms with Crippen molar-refractivity contribution in [3.05, 3.63) is 35.5 Å². The van der Waals surface area contributed by atoms with Crippen LogP contribution in [0.25, 0.3) is 10.8 Å². The maximum absolute atomic E-state index is 6.21. The molecule has 0 spiro atoms. The molecule has 4 heteroatoms. The lowest BCUT2D eigenvalue weighted by atomic mass is 9.80. The molecule has 3 nitrogen and oxygen atoms in total. The molecule has 1 aromatic heterocycles. The standard InChI is InChI=1S/C15H17ClN2O/c1-19-15(7-4-8-15)10-17-13-9-11-5-2-3-6-12(11)14(16)18-13/h2-3,5-6,9H,4,7-8,10H2,1H3,(H,17,18). The fourth-order valence-electron chi connectivity index (χ4n) is 2.52. The van der Waals surface area contributed by atoms with Crippen molar-refractivity contribution in [2.24, 2.45) is 0 Å². The molecule has 0 amide bonds. The first-order valence-electron chi connectivity index (χ1n) is 6.57. The molecule has 0 atom stereocenters. The molecule has 1 N–H and O–H groups in total. The minimum absolute atomic E-state index is 0.0141. The van der Waals surface area contributed by atoms with Gasteiger partial charge >= 0.3 is 0 Å². The molecular weight excluding hydrogens is 260 g/mol. The number of anilines is 1. The molecule has 0 radical (unpaired) electrons. The first-order valence-corrected chi connectivity index (χ1v) is 6.95. The maximum atomic E-state index is 6.21. The molecular formula is C15H17ClN2O. The van der Waals surface area contributed by atoms with Gasteiger partial charge in [0.15, 0.2) is 0 Å². The fourth-order valence-corrected chi connectivity index (χ4v) is 2.79. The number of aromatic nitrogens is 1. The Morgan fingerprint density at radius 3 is 2.84 bits per heavy atom. The number of hydrogen-bond donors (Lipinski definition) is 1. The molecule has 3 rings (SSSR count). The third-order valence-electron chi connectivity index (χ3n) is 3.98. The van der Waals surface area contributed by atoms with E-state index in [1.165, 1.54) is 6.42 Å². The van der Waals surface area contributed by atoms with Crippen molar-refractivity contribution < 1.29 is 4.74 Å². The van der Waals surface area contributed by atoms with Gasteiger partial charge in [0.1, 0.15) is 11.0 Å². The molecule has 2 aromatic rings. The largest absolute Gasteiger partial charge is 0.376 e. The summed E-state index contributed by atoms with van der Waals surface area (Å²) in [7, 11) is 1.78. The monoisotopic (exact) mass is 276 g/mol. The third kappa shape index (κ3) is 2.40. The van der Waals surface area contributed by atoms with Gasteiger partial charge in [0, 0.05) is 19.0 Å². The zero-order valence-corrected chi connectivity index (χ0v) is 11.7. The van der Waals surface area contributed by atoms with E-state index in [4.69, 9.17) is 16.3 Å². The highest BCUT2D eigenvalue weighted by atomic mass is 35.5. The summed E-state index contributed by atoms with van der Waals surface area (Å²) in [5.74, 6) is 0.812. The highest BCUT2D eigenvalue weighted by Crippen LogP contribution is 2.35. The van der Waals surface area contributed by atoms with Gasteiger partial charge in [0.25, 0.3) is 0 Å². The van der Waals surface area contributed by atoms with E-state index in [0.29, 0.717) is 5.15 Å². The molecule has 1 fully saturated rings. The van der Waals surface area contributed by atoms with Crippen LogP contribution >= 0.6 is 11.6 Å². The Morgan fingerprint density at radius 2 is 2.16 bits per heavy atom. The maximum Gasteiger partial charge on any atom is 0.139 e. The van der Waals surface area contributed by atoms with Crippen LogP contribution in [0, 0.1) is 0 Å². The summed E-state index contributed by atoms with van der Waals surface area (Å²) < 4.78 is 5.59. The molecule has 0 saturated heterocycles. The summed E-state index contributed by atoms with van der Waals surface area (Å²) in [4.78, 5) is 4.40. The Bertz CT molecular complexity index is 590. The smallest absolute Gasteiger partial charge is 0.139 e. The summed E-state index contributed by atoms with van der Waals surface area (Å²) in [5, 5.41) is 5.98. The normalized spacial score (nSPS) is 17.2. The van der Waals surface area contributed by atoms with Gasteiger partial charge in [0.2, 0.25) is 0 Å². The lowest BCUT2D eigenvalue weighted by molar-refractivity contribution is -0.0601. The molecule has 1 aromatic carbocycles. The van der Waals surface area contributed by atoms with Crippen LogP contribution in [0.2, 0.25) is 5.15 Å². The van der Waals surface area contributed by atoms with Crippen molar-refractivity contribution >= 4 is 28.2 Å². The Kier molecular flexibility index (Phi) is 3.33. The second-order valence-electron chi connectivity index (χ2n) is 5.11. The zero-order valence-electron chi connectivity index (χ0n) is 10.9. The minimum atomic E-state index is -0.0141. The Morgan fingerprint density at radius 1 is 1.37 bits per heavy atom. The topological polar surface area (TPSA) is 34.1 Å². The van der Waals surface area contributed by atoms with Crippen LogP contribution in [0.5, 0.6) is 0 Å². The fraction of sp³-hybridized carbons (Fsp3) is 0.400. The van der Waals surface area contributed by atoms with Crippen LogP contribution in [-0.2, 0) is 4.74 Å². The molecule has 1 heterocycles. The highest BCUT2D eigenvalue weighted by molar-refractivity contribution is 6.34. The summed E-state index contributed by atoms with van der Waals surface area (Å²) >= 11 is 6.21. The molecule has 1 saturated carbocycles. The van der Waals surface area contributed by atoms with Crippen molar-refractivity contribution in [3.63, 3.8) is 0 Å². The van der Waals surface area contributed by atoms with E-state index < -0.39 is 0 Å². The van der Waals surface area contributed by atoms with Crippen molar-refractivity contribution in [1.82, 2.24) is 4.98 Å². The van der Waals surface area contributed by atoms with Crippen LogP contribution in [0.15, 0.2) is 30.3 Å². The quantitative estimate of drug-likeness (QED) is 0.861. The number of halogens is 1. The van der Waals surface area contributed by atoms with Gasteiger partial charge < -0.3 is 10.1 Å². The van der Waals surface area contributed by atoms with Gasteiger partial charge in [-0.25, -0.2) is 4.98 Å². The second-order valence-corrected chi connectivity index (χ2v) is 5.47. The lowest BCUT2D eigenvalue weighted by Gasteiger charge is -2.40.